The molecule has 5 nitrogen and oxygen atoms in total. The number of hydrogen-bond acceptors (Lipinski definition) is 4. The van der Waals surface area contributed by atoms with Crippen LogP contribution >= 0.6 is 0 Å². The van der Waals surface area contributed by atoms with Crippen molar-refractivity contribution in [2.75, 3.05) is 19.7 Å². The maximum absolute atomic E-state index is 12.7. The lowest BCUT2D eigenvalue weighted by molar-refractivity contribution is -0.0648. The van der Waals surface area contributed by atoms with E-state index in [1.807, 2.05) is 49.4 Å². The number of ether oxygens (including phenoxy) is 1. The third-order valence-corrected chi connectivity index (χ3v) is 7.13. The number of likely N-dealkylation sites (tertiary alicyclic amines) is 1. The number of rotatable bonds is 5. The molecule has 5 rings (SSSR count). The highest BCUT2D eigenvalue weighted by Crippen LogP contribution is 2.48. The fraction of sp³-hybridized carbons (Fsp3) is 0.423. The van der Waals surface area contributed by atoms with Crippen molar-refractivity contribution in [1.29, 1.82) is 0 Å². The van der Waals surface area contributed by atoms with Crippen LogP contribution in [-0.2, 0) is 12.1 Å². The van der Waals surface area contributed by atoms with Crippen molar-refractivity contribution in [1.82, 2.24) is 9.88 Å². The van der Waals surface area contributed by atoms with E-state index in [2.05, 4.69) is 22.0 Å². The molecule has 2 aromatic carbocycles. The number of hydrogen-bond donors (Lipinski definition) is 2. The molecule has 0 bridgehead atoms. The highest BCUT2D eigenvalue weighted by Gasteiger charge is 2.49. The molecule has 1 aromatic heterocycles. The summed E-state index contributed by atoms with van der Waals surface area (Å²) in [5.41, 5.74) is 1.80. The van der Waals surface area contributed by atoms with Gasteiger partial charge in [0.05, 0.1) is 12.2 Å². The third kappa shape index (κ3) is 3.77. The summed E-state index contributed by atoms with van der Waals surface area (Å²) in [6.07, 6.45) is 2.99. The van der Waals surface area contributed by atoms with Crippen LogP contribution in [0.5, 0.6) is 5.75 Å². The Balaban J connectivity index is 1.39. The van der Waals surface area contributed by atoms with Crippen molar-refractivity contribution in [3.05, 3.63) is 76.1 Å². The highest BCUT2D eigenvalue weighted by atomic mass is 16.5. The topological polar surface area (TPSA) is 65.6 Å². The molecule has 2 fully saturated rings. The van der Waals surface area contributed by atoms with Crippen LogP contribution in [0.4, 0.5) is 0 Å². The van der Waals surface area contributed by atoms with E-state index in [0.29, 0.717) is 19.1 Å². The number of nitrogens with one attached hydrogen (secondary N) is 1. The maximum Gasteiger partial charge on any atom is 0.252 e. The summed E-state index contributed by atoms with van der Waals surface area (Å²) in [5, 5.41) is 12.6. The van der Waals surface area contributed by atoms with Gasteiger partial charge < -0.3 is 14.8 Å². The molecule has 162 valence electrons. The lowest BCUT2D eigenvalue weighted by Crippen LogP contribution is -2.42. The zero-order chi connectivity index (χ0) is 21.4. The first kappa shape index (κ1) is 20.3. The summed E-state index contributed by atoms with van der Waals surface area (Å²) in [6, 6.07) is 17.9. The Morgan fingerprint density at radius 3 is 2.81 bits per heavy atom. The molecule has 2 N–H and O–H groups in total. The molecule has 0 unspecified atom stereocenters. The van der Waals surface area contributed by atoms with Gasteiger partial charge in [0.15, 0.2) is 0 Å². The molecule has 31 heavy (non-hydrogen) atoms. The number of aromatic amines is 1. The van der Waals surface area contributed by atoms with Crippen LogP contribution < -0.4 is 10.3 Å². The zero-order valence-electron chi connectivity index (χ0n) is 18.0. The molecule has 3 atom stereocenters. The summed E-state index contributed by atoms with van der Waals surface area (Å²) in [4.78, 5) is 18.1. The second-order valence-corrected chi connectivity index (χ2v) is 9.05. The smallest absolute Gasteiger partial charge is 0.252 e. The molecule has 0 spiro atoms. The monoisotopic (exact) mass is 418 g/mol. The van der Waals surface area contributed by atoms with Crippen LogP contribution in [-0.4, -0.2) is 34.7 Å². The minimum Gasteiger partial charge on any atom is -0.494 e. The van der Waals surface area contributed by atoms with Crippen LogP contribution in [0.3, 0.4) is 0 Å². The van der Waals surface area contributed by atoms with E-state index in [9.17, 15) is 9.90 Å². The van der Waals surface area contributed by atoms with Crippen molar-refractivity contribution >= 4 is 10.9 Å². The Hall–Kier alpha value is -2.63. The van der Waals surface area contributed by atoms with Crippen molar-refractivity contribution in [3.8, 4) is 5.75 Å². The highest BCUT2D eigenvalue weighted by molar-refractivity contribution is 5.80. The van der Waals surface area contributed by atoms with Crippen molar-refractivity contribution in [2.24, 2.45) is 11.8 Å². The zero-order valence-corrected chi connectivity index (χ0v) is 18.0. The van der Waals surface area contributed by atoms with Crippen LogP contribution in [0.15, 0.2) is 59.4 Å². The van der Waals surface area contributed by atoms with E-state index in [1.54, 1.807) is 0 Å². The van der Waals surface area contributed by atoms with E-state index >= 15 is 0 Å². The standard InChI is InChI=1S/C26H30N2O3/c1-2-31-22-10-11-24-19(14-22)13-20(25(29)27-24)16-28-15-18-7-6-12-26(30,23(18)17-28)21-8-4-3-5-9-21/h3-5,8-11,13-14,18,23,30H,2,6-7,12,15-17H2,1H3,(H,27,29)/t18-,23+,26+/m1/s1. The summed E-state index contributed by atoms with van der Waals surface area (Å²) in [5.74, 6) is 1.48. The number of pyridine rings is 1. The van der Waals surface area contributed by atoms with E-state index in [4.69, 9.17) is 4.74 Å². The van der Waals surface area contributed by atoms with E-state index < -0.39 is 5.60 Å². The molecular formula is C26H30N2O3. The molecule has 0 radical (unpaired) electrons. The van der Waals surface area contributed by atoms with Gasteiger partial charge in [-0.3, -0.25) is 9.69 Å². The number of aromatic nitrogens is 1. The predicted molar refractivity (Wildman–Crippen MR) is 122 cm³/mol. The lowest BCUT2D eigenvalue weighted by atomic mass is 9.67. The van der Waals surface area contributed by atoms with Gasteiger partial charge in [0, 0.05) is 42.0 Å². The minimum atomic E-state index is -0.777. The largest absolute Gasteiger partial charge is 0.494 e. The van der Waals surface area contributed by atoms with Crippen molar-refractivity contribution in [2.45, 2.75) is 38.3 Å². The normalized spacial score (nSPS) is 26.1. The first-order chi connectivity index (χ1) is 15.1. The second-order valence-electron chi connectivity index (χ2n) is 9.05. The van der Waals surface area contributed by atoms with Gasteiger partial charge in [-0.25, -0.2) is 0 Å². The molecule has 2 heterocycles. The van der Waals surface area contributed by atoms with Gasteiger partial charge in [0.2, 0.25) is 0 Å². The third-order valence-electron chi connectivity index (χ3n) is 7.13. The van der Waals surface area contributed by atoms with Crippen LogP contribution in [0.2, 0.25) is 0 Å². The van der Waals surface area contributed by atoms with Gasteiger partial charge in [-0.05, 0) is 61.9 Å². The molecule has 1 saturated heterocycles. The molecule has 0 amide bonds. The molecule has 3 aromatic rings. The number of H-pyrrole nitrogens is 1. The van der Waals surface area contributed by atoms with Gasteiger partial charge in [0.1, 0.15) is 5.75 Å². The van der Waals surface area contributed by atoms with Crippen molar-refractivity contribution < 1.29 is 9.84 Å². The van der Waals surface area contributed by atoms with E-state index in [-0.39, 0.29) is 11.5 Å². The van der Waals surface area contributed by atoms with Gasteiger partial charge >= 0.3 is 0 Å². The molecule has 1 aliphatic heterocycles. The summed E-state index contributed by atoms with van der Waals surface area (Å²) < 4.78 is 5.62. The predicted octanol–water partition coefficient (Wildman–Crippen LogP) is 4.05. The molecule has 2 aliphatic rings. The Bertz CT molecular complexity index is 1130. The number of benzene rings is 2. The van der Waals surface area contributed by atoms with Crippen LogP contribution in [0.1, 0.15) is 37.3 Å². The summed E-state index contributed by atoms with van der Waals surface area (Å²) >= 11 is 0. The Morgan fingerprint density at radius 2 is 2.00 bits per heavy atom. The minimum absolute atomic E-state index is 0.0372. The van der Waals surface area contributed by atoms with Crippen LogP contribution in [0, 0.1) is 11.8 Å². The van der Waals surface area contributed by atoms with Gasteiger partial charge in [-0.2, -0.15) is 0 Å². The molecule has 1 saturated carbocycles. The number of nitrogens with zero attached hydrogens (tertiary/aromatic N) is 1. The maximum atomic E-state index is 12.7. The number of fused-ring (bicyclic) bond motifs is 2. The first-order valence-electron chi connectivity index (χ1n) is 11.4. The van der Waals surface area contributed by atoms with E-state index in [1.165, 1.54) is 0 Å². The second kappa shape index (κ2) is 8.13. The SMILES string of the molecule is CCOc1ccc2[nH]c(=O)c(CN3C[C@H]4CCC[C@](O)(c5ccccc5)[C@H]4C3)cc2c1. The quantitative estimate of drug-likeness (QED) is 0.656. The van der Waals surface area contributed by atoms with Gasteiger partial charge in [-0.1, -0.05) is 30.3 Å². The first-order valence-corrected chi connectivity index (χ1v) is 11.4. The summed E-state index contributed by atoms with van der Waals surface area (Å²) in [6.45, 7) is 4.92. The Kier molecular flexibility index (Phi) is 5.32. The van der Waals surface area contributed by atoms with E-state index in [0.717, 1.165) is 60.1 Å². The fourth-order valence-corrected chi connectivity index (χ4v) is 5.67. The Morgan fingerprint density at radius 1 is 1.16 bits per heavy atom. The van der Waals surface area contributed by atoms with Gasteiger partial charge in [-0.15, -0.1) is 0 Å². The lowest BCUT2D eigenvalue weighted by Gasteiger charge is -2.41. The van der Waals surface area contributed by atoms with Crippen LogP contribution in [0.25, 0.3) is 10.9 Å². The molecule has 1 aliphatic carbocycles. The average molecular weight is 419 g/mol. The van der Waals surface area contributed by atoms with Crippen molar-refractivity contribution in [3.63, 3.8) is 0 Å². The van der Waals surface area contributed by atoms with Gasteiger partial charge in [0.25, 0.3) is 5.56 Å². The molecular weight excluding hydrogens is 388 g/mol. The average Bonchev–Trinajstić information content (AvgIpc) is 3.20. The summed E-state index contributed by atoms with van der Waals surface area (Å²) in [7, 11) is 0. The fourth-order valence-electron chi connectivity index (χ4n) is 5.67. The molecule has 5 heteroatoms. The number of aliphatic hydroxyl groups is 1. The Labute approximate surface area is 182 Å².